The van der Waals surface area contributed by atoms with Crippen LogP contribution < -0.4 is 20.4 Å². The Morgan fingerprint density at radius 2 is 1.65 bits per heavy atom. The van der Waals surface area contributed by atoms with Crippen molar-refractivity contribution >= 4 is 23.5 Å². The first kappa shape index (κ1) is 23.3. The molecule has 6 rings (SSSR count). The first-order valence-corrected chi connectivity index (χ1v) is 12.9. The van der Waals surface area contributed by atoms with Gasteiger partial charge in [-0.25, -0.2) is 19.9 Å². The third kappa shape index (κ3) is 5.83. The number of piperazine rings is 1. The molecule has 37 heavy (non-hydrogen) atoms. The third-order valence-corrected chi connectivity index (χ3v) is 6.81. The summed E-state index contributed by atoms with van der Waals surface area (Å²) in [4.78, 5) is 27.0. The highest BCUT2D eigenvalue weighted by atomic mass is 15.4. The van der Waals surface area contributed by atoms with Gasteiger partial charge in [0.25, 0.3) is 0 Å². The van der Waals surface area contributed by atoms with E-state index >= 15 is 0 Å². The lowest BCUT2D eigenvalue weighted by Crippen LogP contribution is -2.47. The maximum absolute atomic E-state index is 4.65. The highest BCUT2D eigenvalue weighted by Gasteiger charge is 2.21. The molecule has 0 bridgehead atoms. The number of aromatic nitrogens is 7. The average molecular weight is 498 g/mol. The maximum Gasteiger partial charge on any atom is 0.232 e. The van der Waals surface area contributed by atoms with Crippen LogP contribution in [-0.2, 0) is 13.0 Å². The lowest BCUT2D eigenvalue weighted by Gasteiger charge is -2.34. The zero-order valence-electron chi connectivity index (χ0n) is 20.7. The van der Waals surface area contributed by atoms with Gasteiger partial charge in [0.2, 0.25) is 17.8 Å². The largest absolute Gasteiger partial charge is 0.337 e. The molecule has 0 spiro atoms. The number of rotatable bonds is 8. The monoisotopic (exact) mass is 497 g/mol. The molecule has 0 radical (unpaired) electrons. The molecule has 5 heterocycles. The molecular formula is C26H31N11. The van der Waals surface area contributed by atoms with E-state index in [0.717, 1.165) is 62.9 Å². The second kappa shape index (κ2) is 10.9. The number of hydrogen-bond donors (Lipinski definition) is 2. The minimum atomic E-state index is 0.493. The van der Waals surface area contributed by atoms with Crippen LogP contribution in [-0.4, -0.2) is 73.5 Å². The standard InChI is InChI=1S/C26H31N11/c1-2-5-20(6-3-1)13-21-14-28-25(29-15-21)35-9-11-36(12-10-35)26-31-19-30-24(34-26)33-23-16-32-37(18-23)17-22-7-4-8-27-22/h1-3,5-6,14-16,18-19,22,27H,4,7-13,17H2,(H,30,31,33,34)/t22-/m0/s1. The summed E-state index contributed by atoms with van der Waals surface area (Å²) in [6.45, 7) is 5.12. The zero-order valence-corrected chi connectivity index (χ0v) is 20.7. The van der Waals surface area contributed by atoms with E-state index < -0.39 is 0 Å². The second-order valence-corrected chi connectivity index (χ2v) is 9.51. The minimum absolute atomic E-state index is 0.493. The van der Waals surface area contributed by atoms with Crippen LogP contribution >= 0.6 is 0 Å². The number of benzene rings is 1. The van der Waals surface area contributed by atoms with Gasteiger partial charge in [0.15, 0.2) is 0 Å². The van der Waals surface area contributed by atoms with Crippen molar-refractivity contribution in [2.24, 2.45) is 0 Å². The Morgan fingerprint density at radius 3 is 2.41 bits per heavy atom. The van der Waals surface area contributed by atoms with Crippen LogP contribution in [0.1, 0.15) is 24.0 Å². The Balaban J connectivity index is 1.03. The van der Waals surface area contributed by atoms with Gasteiger partial charge in [-0.3, -0.25) is 4.68 Å². The summed E-state index contributed by atoms with van der Waals surface area (Å²) in [7, 11) is 0. The molecule has 11 heteroatoms. The molecule has 2 saturated heterocycles. The van der Waals surface area contributed by atoms with Crippen molar-refractivity contribution in [3.05, 3.63) is 72.6 Å². The summed E-state index contributed by atoms with van der Waals surface area (Å²) in [5, 5.41) is 11.2. The fraction of sp³-hybridized carbons (Fsp3) is 0.385. The van der Waals surface area contributed by atoms with Crippen molar-refractivity contribution in [1.82, 2.24) is 40.0 Å². The Labute approximate surface area is 216 Å². The third-order valence-electron chi connectivity index (χ3n) is 6.81. The summed E-state index contributed by atoms with van der Waals surface area (Å²) in [5.41, 5.74) is 3.24. The highest BCUT2D eigenvalue weighted by molar-refractivity contribution is 5.51. The molecule has 2 fully saturated rings. The van der Waals surface area contributed by atoms with E-state index in [1.54, 1.807) is 6.33 Å². The lowest BCUT2D eigenvalue weighted by atomic mass is 10.1. The Morgan fingerprint density at radius 1 is 0.865 bits per heavy atom. The molecule has 2 N–H and O–H groups in total. The van der Waals surface area contributed by atoms with Crippen LogP contribution in [0.4, 0.5) is 23.5 Å². The average Bonchev–Trinajstić information content (AvgIpc) is 3.62. The van der Waals surface area contributed by atoms with Gasteiger partial charge in [-0.1, -0.05) is 30.3 Å². The van der Waals surface area contributed by atoms with Gasteiger partial charge in [0, 0.05) is 57.2 Å². The zero-order chi connectivity index (χ0) is 24.9. The SMILES string of the molecule is c1ccc(Cc2cnc(N3CCN(c4ncnc(Nc5cnn(C[C@@H]6CCCN6)c5)n4)CC3)nc2)cc1. The molecule has 0 saturated carbocycles. The van der Waals surface area contributed by atoms with E-state index in [9.17, 15) is 0 Å². The number of nitrogens with zero attached hydrogens (tertiary/aromatic N) is 9. The van der Waals surface area contributed by atoms with Gasteiger partial charge >= 0.3 is 0 Å². The summed E-state index contributed by atoms with van der Waals surface area (Å²) >= 11 is 0. The molecule has 0 aliphatic carbocycles. The van der Waals surface area contributed by atoms with Crippen molar-refractivity contribution in [1.29, 1.82) is 0 Å². The van der Waals surface area contributed by atoms with Crippen LogP contribution in [0.2, 0.25) is 0 Å². The molecule has 0 unspecified atom stereocenters. The van der Waals surface area contributed by atoms with E-state index in [1.165, 1.54) is 18.4 Å². The topological polar surface area (TPSA) is 113 Å². The Kier molecular flexibility index (Phi) is 6.84. The lowest BCUT2D eigenvalue weighted by molar-refractivity contribution is 0.476. The van der Waals surface area contributed by atoms with E-state index in [1.807, 2.05) is 35.5 Å². The van der Waals surface area contributed by atoms with Crippen LogP contribution in [0.5, 0.6) is 0 Å². The van der Waals surface area contributed by atoms with Crippen LogP contribution in [0, 0.1) is 0 Å². The van der Waals surface area contributed by atoms with Crippen molar-refractivity contribution in [2.75, 3.05) is 47.8 Å². The molecule has 4 aromatic rings. The van der Waals surface area contributed by atoms with Gasteiger partial charge in [0.1, 0.15) is 6.33 Å². The number of hydrogen-bond acceptors (Lipinski definition) is 10. The fourth-order valence-electron chi connectivity index (χ4n) is 4.84. The predicted octanol–water partition coefficient (Wildman–Crippen LogP) is 2.27. The summed E-state index contributed by atoms with van der Waals surface area (Å²) in [6.07, 6.45) is 12.5. The first-order valence-electron chi connectivity index (χ1n) is 12.9. The van der Waals surface area contributed by atoms with Gasteiger partial charge < -0.3 is 20.4 Å². The normalized spacial score (nSPS) is 17.8. The van der Waals surface area contributed by atoms with E-state index in [2.05, 4.69) is 74.7 Å². The summed E-state index contributed by atoms with van der Waals surface area (Å²) < 4.78 is 1.96. The number of nitrogens with one attached hydrogen (secondary N) is 2. The van der Waals surface area contributed by atoms with Crippen molar-refractivity contribution < 1.29 is 0 Å². The highest BCUT2D eigenvalue weighted by Crippen LogP contribution is 2.18. The first-order chi connectivity index (χ1) is 18.3. The quantitative estimate of drug-likeness (QED) is 0.376. The maximum atomic E-state index is 4.65. The fourth-order valence-corrected chi connectivity index (χ4v) is 4.84. The van der Waals surface area contributed by atoms with Crippen molar-refractivity contribution in [3.8, 4) is 0 Å². The van der Waals surface area contributed by atoms with Crippen LogP contribution in [0.3, 0.4) is 0 Å². The molecule has 2 aliphatic rings. The molecule has 1 aromatic carbocycles. The summed E-state index contributed by atoms with van der Waals surface area (Å²) in [6, 6.07) is 10.9. The smallest absolute Gasteiger partial charge is 0.232 e. The molecule has 1 atom stereocenters. The van der Waals surface area contributed by atoms with Gasteiger partial charge in [-0.2, -0.15) is 10.1 Å². The summed E-state index contributed by atoms with van der Waals surface area (Å²) in [5.74, 6) is 1.95. The van der Waals surface area contributed by atoms with Crippen molar-refractivity contribution in [3.63, 3.8) is 0 Å². The Hall–Kier alpha value is -4.12. The van der Waals surface area contributed by atoms with E-state index in [4.69, 9.17) is 0 Å². The van der Waals surface area contributed by atoms with Crippen LogP contribution in [0.25, 0.3) is 0 Å². The van der Waals surface area contributed by atoms with Gasteiger partial charge in [-0.15, -0.1) is 0 Å². The molecular weight excluding hydrogens is 466 g/mol. The Bertz CT molecular complexity index is 1280. The molecule has 11 nitrogen and oxygen atoms in total. The molecule has 3 aromatic heterocycles. The van der Waals surface area contributed by atoms with E-state index in [-0.39, 0.29) is 0 Å². The van der Waals surface area contributed by atoms with Gasteiger partial charge in [-0.05, 0) is 30.5 Å². The van der Waals surface area contributed by atoms with Gasteiger partial charge in [0.05, 0.1) is 18.4 Å². The molecule has 0 amide bonds. The van der Waals surface area contributed by atoms with Crippen molar-refractivity contribution in [2.45, 2.75) is 31.8 Å². The van der Waals surface area contributed by atoms with E-state index in [0.29, 0.717) is 17.9 Å². The predicted molar refractivity (Wildman–Crippen MR) is 142 cm³/mol. The second-order valence-electron chi connectivity index (χ2n) is 9.51. The van der Waals surface area contributed by atoms with Crippen LogP contribution in [0.15, 0.2) is 61.4 Å². The molecule has 190 valence electrons. The molecule has 2 aliphatic heterocycles. The number of anilines is 4. The minimum Gasteiger partial charge on any atom is -0.337 e.